The Hall–Kier alpha value is -1.63. The molecule has 1 aromatic carbocycles. The van der Waals surface area contributed by atoms with Crippen molar-refractivity contribution < 1.29 is 22.3 Å². The minimum Gasteiger partial charge on any atom is -0.467 e. The van der Waals surface area contributed by atoms with Gasteiger partial charge in [0, 0.05) is 0 Å². The highest BCUT2D eigenvalue weighted by molar-refractivity contribution is 7.92. The van der Waals surface area contributed by atoms with Gasteiger partial charge in [-0.2, -0.15) is 0 Å². The van der Waals surface area contributed by atoms with E-state index in [1.54, 1.807) is 0 Å². The molecule has 0 amide bonds. The van der Waals surface area contributed by atoms with Gasteiger partial charge in [0.25, 0.3) is 0 Å². The molecule has 0 aliphatic rings. The molecule has 0 heterocycles. The van der Waals surface area contributed by atoms with Crippen molar-refractivity contribution in [3.8, 4) is 0 Å². The summed E-state index contributed by atoms with van der Waals surface area (Å²) in [5.74, 6) is -1.18. The number of carbonyl (C=O) groups is 1. The lowest BCUT2D eigenvalue weighted by atomic mass is 10.2. The molecule has 5 nitrogen and oxygen atoms in total. The Kier molecular flexibility index (Phi) is 4.28. The second-order valence-electron chi connectivity index (χ2n) is 3.73. The third-order valence-corrected chi connectivity index (χ3v) is 3.57. The van der Waals surface area contributed by atoms with Gasteiger partial charge in [0.15, 0.2) is 0 Å². The van der Waals surface area contributed by atoms with E-state index in [2.05, 4.69) is 4.74 Å². The van der Waals surface area contributed by atoms with Gasteiger partial charge in [-0.25, -0.2) is 17.6 Å². The van der Waals surface area contributed by atoms with Crippen LogP contribution in [-0.2, 0) is 19.6 Å². The number of carbonyl (C=O) groups excluding carboxylic acids is 1. The van der Waals surface area contributed by atoms with E-state index in [1.165, 1.54) is 26.2 Å². The van der Waals surface area contributed by atoms with Gasteiger partial charge in [-0.3, -0.25) is 4.31 Å². The Morgan fingerprint density at radius 3 is 2.22 bits per heavy atom. The summed E-state index contributed by atoms with van der Waals surface area (Å²) in [6.07, 6.45) is 0.968. The van der Waals surface area contributed by atoms with Crippen LogP contribution in [0.3, 0.4) is 0 Å². The first kappa shape index (κ1) is 14.4. The molecule has 0 saturated heterocycles. The minimum absolute atomic E-state index is 0.205. The molecule has 0 aromatic heterocycles. The smallest absolute Gasteiger partial charge is 0.329 e. The maximum Gasteiger partial charge on any atom is 0.329 e. The number of benzene rings is 1. The van der Waals surface area contributed by atoms with Crippen molar-refractivity contribution in [3.05, 3.63) is 30.1 Å². The van der Waals surface area contributed by atoms with E-state index in [9.17, 15) is 17.6 Å². The summed E-state index contributed by atoms with van der Waals surface area (Å²) in [6, 6.07) is 3.80. The van der Waals surface area contributed by atoms with Gasteiger partial charge in [0.1, 0.15) is 11.9 Å². The third-order valence-electron chi connectivity index (χ3n) is 2.33. The molecular formula is C11H14FNO4S. The van der Waals surface area contributed by atoms with Gasteiger partial charge in [-0.05, 0) is 31.2 Å². The van der Waals surface area contributed by atoms with Crippen molar-refractivity contribution in [2.24, 2.45) is 0 Å². The number of hydrogen-bond acceptors (Lipinski definition) is 4. The SMILES string of the molecule is COC(=O)[C@@H](C)N(c1ccc(F)cc1)S(C)(=O)=O. The van der Waals surface area contributed by atoms with Gasteiger partial charge in [-0.15, -0.1) is 0 Å². The van der Waals surface area contributed by atoms with Crippen LogP contribution in [0.25, 0.3) is 0 Å². The van der Waals surface area contributed by atoms with E-state index in [0.29, 0.717) is 0 Å². The summed E-state index contributed by atoms with van der Waals surface area (Å²) in [6.45, 7) is 1.40. The van der Waals surface area contributed by atoms with Crippen LogP contribution in [0, 0.1) is 5.82 Å². The third kappa shape index (κ3) is 3.19. The van der Waals surface area contributed by atoms with Gasteiger partial charge in [0.2, 0.25) is 10.0 Å². The van der Waals surface area contributed by atoms with E-state index >= 15 is 0 Å². The molecule has 0 N–H and O–H groups in total. The van der Waals surface area contributed by atoms with Crippen LogP contribution >= 0.6 is 0 Å². The number of halogens is 1. The Labute approximate surface area is 105 Å². The quantitative estimate of drug-likeness (QED) is 0.773. The van der Waals surface area contributed by atoms with Crippen LogP contribution in [0.2, 0.25) is 0 Å². The number of nitrogens with zero attached hydrogens (tertiary/aromatic N) is 1. The molecule has 0 aliphatic heterocycles. The zero-order chi connectivity index (χ0) is 13.9. The van der Waals surface area contributed by atoms with Crippen LogP contribution < -0.4 is 4.31 Å². The van der Waals surface area contributed by atoms with Crippen LogP contribution in [0.15, 0.2) is 24.3 Å². The van der Waals surface area contributed by atoms with Crippen molar-refractivity contribution in [3.63, 3.8) is 0 Å². The molecule has 1 aromatic rings. The van der Waals surface area contributed by atoms with E-state index in [-0.39, 0.29) is 5.69 Å². The number of sulfonamides is 1. The molecule has 100 valence electrons. The van der Waals surface area contributed by atoms with Crippen LogP contribution in [0.5, 0.6) is 0 Å². The summed E-state index contributed by atoms with van der Waals surface area (Å²) >= 11 is 0. The topological polar surface area (TPSA) is 63.7 Å². The molecule has 0 aliphatic carbocycles. The second kappa shape index (κ2) is 5.34. The molecule has 18 heavy (non-hydrogen) atoms. The van der Waals surface area contributed by atoms with Crippen LogP contribution in [0.1, 0.15) is 6.92 Å². The molecule has 0 saturated carbocycles. The summed E-state index contributed by atoms with van der Waals surface area (Å²) in [4.78, 5) is 11.4. The molecular weight excluding hydrogens is 261 g/mol. The van der Waals surface area contributed by atoms with Crippen LogP contribution in [-0.4, -0.2) is 33.8 Å². The monoisotopic (exact) mass is 275 g/mol. The highest BCUT2D eigenvalue weighted by Crippen LogP contribution is 2.21. The predicted molar refractivity (Wildman–Crippen MR) is 65.2 cm³/mol. The van der Waals surface area contributed by atoms with Gasteiger partial charge in [0.05, 0.1) is 19.1 Å². The highest BCUT2D eigenvalue weighted by atomic mass is 32.2. The minimum atomic E-state index is -3.68. The Bertz CT molecular complexity index is 526. The maximum atomic E-state index is 12.8. The normalized spacial score (nSPS) is 12.9. The van der Waals surface area contributed by atoms with E-state index in [1.807, 2.05) is 0 Å². The van der Waals surface area contributed by atoms with Crippen molar-refractivity contribution in [2.45, 2.75) is 13.0 Å². The molecule has 0 fully saturated rings. The van der Waals surface area contributed by atoms with Crippen molar-refractivity contribution in [1.29, 1.82) is 0 Å². The molecule has 0 radical (unpaired) electrons. The van der Waals surface area contributed by atoms with E-state index < -0.39 is 27.9 Å². The number of methoxy groups -OCH3 is 1. The summed E-state index contributed by atoms with van der Waals surface area (Å²) in [5, 5.41) is 0. The number of rotatable bonds is 4. The fraction of sp³-hybridized carbons (Fsp3) is 0.364. The molecule has 1 atom stereocenters. The molecule has 0 unspecified atom stereocenters. The fourth-order valence-corrected chi connectivity index (χ4v) is 2.72. The fourth-order valence-electron chi connectivity index (χ4n) is 1.56. The number of hydrogen-bond donors (Lipinski definition) is 0. The van der Waals surface area contributed by atoms with Gasteiger partial charge in [-0.1, -0.05) is 0 Å². The first-order valence-corrected chi connectivity index (χ1v) is 6.95. The van der Waals surface area contributed by atoms with Crippen LogP contribution in [0.4, 0.5) is 10.1 Å². The lowest BCUT2D eigenvalue weighted by Gasteiger charge is -2.27. The predicted octanol–water partition coefficient (Wildman–Crippen LogP) is 1.15. The lowest BCUT2D eigenvalue weighted by molar-refractivity contribution is -0.141. The molecule has 0 spiro atoms. The van der Waals surface area contributed by atoms with E-state index in [0.717, 1.165) is 22.7 Å². The maximum absolute atomic E-state index is 12.8. The molecule has 7 heteroatoms. The second-order valence-corrected chi connectivity index (χ2v) is 5.59. The molecule has 1 rings (SSSR count). The Morgan fingerprint density at radius 1 is 1.33 bits per heavy atom. The average molecular weight is 275 g/mol. The summed E-state index contributed by atoms with van der Waals surface area (Å²) in [7, 11) is -2.50. The first-order chi connectivity index (χ1) is 8.27. The highest BCUT2D eigenvalue weighted by Gasteiger charge is 2.29. The first-order valence-electron chi connectivity index (χ1n) is 5.10. The van der Waals surface area contributed by atoms with Crippen molar-refractivity contribution in [1.82, 2.24) is 0 Å². The zero-order valence-electron chi connectivity index (χ0n) is 10.3. The Morgan fingerprint density at radius 2 is 1.83 bits per heavy atom. The van der Waals surface area contributed by atoms with Crippen molar-refractivity contribution >= 4 is 21.7 Å². The van der Waals surface area contributed by atoms with Gasteiger partial charge >= 0.3 is 5.97 Å². The van der Waals surface area contributed by atoms with Crippen molar-refractivity contribution in [2.75, 3.05) is 17.7 Å². The number of ether oxygens (including phenoxy) is 1. The Balaban J connectivity index is 3.23. The zero-order valence-corrected chi connectivity index (χ0v) is 11.1. The molecule has 0 bridgehead atoms. The summed E-state index contributed by atoms with van der Waals surface area (Å²) in [5.41, 5.74) is 0.205. The number of anilines is 1. The number of esters is 1. The lowest BCUT2D eigenvalue weighted by Crippen LogP contribution is -2.43. The standard InChI is InChI=1S/C11H14FNO4S/c1-8(11(14)17-2)13(18(3,15)16)10-6-4-9(12)5-7-10/h4-8H,1-3H3/t8-/m1/s1. The summed E-state index contributed by atoms with van der Waals surface area (Å²) < 4.78 is 41.6. The van der Waals surface area contributed by atoms with Gasteiger partial charge < -0.3 is 4.74 Å². The average Bonchev–Trinajstić information content (AvgIpc) is 2.29. The largest absolute Gasteiger partial charge is 0.467 e. The van der Waals surface area contributed by atoms with E-state index in [4.69, 9.17) is 0 Å².